The lowest BCUT2D eigenvalue weighted by atomic mass is 9.82. The summed E-state index contributed by atoms with van der Waals surface area (Å²) in [5.74, 6) is 1.85. The fourth-order valence-electron chi connectivity index (χ4n) is 2.27. The van der Waals surface area contributed by atoms with Crippen molar-refractivity contribution in [1.82, 2.24) is 0 Å². The van der Waals surface area contributed by atoms with Crippen LogP contribution in [0.3, 0.4) is 0 Å². The van der Waals surface area contributed by atoms with Gasteiger partial charge in [0.15, 0.2) is 0 Å². The van der Waals surface area contributed by atoms with Crippen LogP contribution >= 0.6 is 0 Å². The van der Waals surface area contributed by atoms with Gasteiger partial charge in [0.2, 0.25) is 0 Å². The van der Waals surface area contributed by atoms with Crippen LogP contribution in [-0.2, 0) is 4.74 Å². The summed E-state index contributed by atoms with van der Waals surface area (Å²) >= 11 is 0. The van der Waals surface area contributed by atoms with Crippen molar-refractivity contribution in [3.8, 4) is 0 Å². The van der Waals surface area contributed by atoms with Gasteiger partial charge in [0.25, 0.3) is 0 Å². The van der Waals surface area contributed by atoms with Crippen LogP contribution in [0.25, 0.3) is 0 Å². The topological polar surface area (TPSA) is 9.23 Å². The van der Waals surface area contributed by atoms with Gasteiger partial charge in [0.1, 0.15) is 0 Å². The van der Waals surface area contributed by atoms with E-state index in [0.717, 1.165) is 11.8 Å². The minimum Gasteiger partial charge on any atom is -0.381 e. The van der Waals surface area contributed by atoms with Crippen LogP contribution < -0.4 is 0 Å². The molecule has 1 aliphatic carbocycles. The third-order valence-electron chi connectivity index (χ3n) is 2.93. The predicted molar refractivity (Wildman–Crippen MR) is 52.2 cm³/mol. The minimum absolute atomic E-state index is 0.563. The maximum Gasteiger partial charge on any atom is 0.0571 e. The Kier molecular flexibility index (Phi) is 4.07. The molecule has 0 heterocycles. The highest BCUT2D eigenvalue weighted by molar-refractivity contribution is 4.73. The van der Waals surface area contributed by atoms with E-state index in [9.17, 15) is 0 Å². The van der Waals surface area contributed by atoms with Crippen molar-refractivity contribution in [3.63, 3.8) is 0 Å². The highest BCUT2D eigenvalue weighted by Gasteiger charge is 2.20. The van der Waals surface area contributed by atoms with E-state index >= 15 is 0 Å². The number of ether oxygens (including phenoxy) is 1. The first-order valence-electron chi connectivity index (χ1n) is 5.25. The van der Waals surface area contributed by atoms with Gasteiger partial charge < -0.3 is 4.74 Å². The van der Waals surface area contributed by atoms with Gasteiger partial charge in [0.05, 0.1) is 6.10 Å². The fourth-order valence-corrected chi connectivity index (χ4v) is 2.27. The Labute approximate surface area is 76.5 Å². The quantitative estimate of drug-likeness (QED) is 0.632. The monoisotopic (exact) mass is 170 g/mol. The summed E-state index contributed by atoms with van der Waals surface area (Å²) in [6.07, 6.45) is 7.32. The molecule has 0 N–H and O–H groups in total. The van der Waals surface area contributed by atoms with Gasteiger partial charge in [-0.25, -0.2) is 0 Å². The van der Waals surface area contributed by atoms with E-state index in [1.54, 1.807) is 0 Å². The number of rotatable bonds is 3. The molecule has 0 amide bonds. The molecular weight excluding hydrogens is 148 g/mol. The largest absolute Gasteiger partial charge is 0.381 e. The van der Waals surface area contributed by atoms with Crippen molar-refractivity contribution in [3.05, 3.63) is 0 Å². The van der Waals surface area contributed by atoms with Crippen LogP contribution in [0.4, 0.5) is 0 Å². The first-order valence-corrected chi connectivity index (χ1v) is 5.25. The molecule has 72 valence electrons. The summed E-state index contributed by atoms with van der Waals surface area (Å²) in [6, 6.07) is 0. The van der Waals surface area contributed by atoms with E-state index < -0.39 is 0 Å². The molecule has 1 aliphatic rings. The molecule has 1 saturated carbocycles. The number of hydrogen-bond donors (Lipinski definition) is 0. The maximum absolute atomic E-state index is 5.34. The summed E-state index contributed by atoms with van der Waals surface area (Å²) in [7, 11) is 1.84. The van der Waals surface area contributed by atoms with Crippen LogP contribution in [0.1, 0.15) is 46.0 Å². The zero-order valence-electron chi connectivity index (χ0n) is 8.68. The zero-order valence-corrected chi connectivity index (χ0v) is 8.68. The third kappa shape index (κ3) is 3.14. The van der Waals surface area contributed by atoms with E-state index in [0.29, 0.717) is 6.10 Å². The predicted octanol–water partition coefficient (Wildman–Crippen LogP) is 3.24. The maximum atomic E-state index is 5.34. The Hall–Kier alpha value is -0.0400. The summed E-state index contributed by atoms with van der Waals surface area (Å²) in [5, 5.41) is 0. The molecule has 0 bridgehead atoms. The SMILES string of the molecule is CO[C@H]1CC[C@@H](CC(C)C)CC1. The lowest BCUT2D eigenvalue weighted by Gasteiger charge is -2.28. The van der Waals surface area contributed by atoms with Crippen molar-refractivity contribution >= 4 is 0 Å². The fraction of sp³-hybridized carbons (Fsp3) is 1.00. The molecule has 1 fully saturated rings. The van der Waals surface area contributed by atoms with Gasteiger partial charge in [-0.05, 0) is 43.9 Å². The highest BCUT2D eigenvalue weighted by Crippen LogP contribution is 2.30. The van der Waals surface area contributed by atoms with Gasteiger partial charge in [-0.3, -0.25) is 0 Å². The van der Waals surface area contributed by atoms with Crippen LogP contribution in [0.2, 0.25) is 0 Å². The molecule has 0 aliphatic heterocycles. The Balaban J connectivity index is 2.17. The molecule has 1 nitrogen and oxygen atoms in total. The van der Waals surface area contributed by atoms with Gasteiger partial charge in [-0.1, -0.05) is 13.8 Å². The molecule has 0 unspecified atom stereocenters. The molecule has 0 aromatic carbocycles. The van der Waals surface area contributed by atoms with Crippen LogP contribution in [-0.4, -0.2) is 13.2 Å². The molecule has 0 aromatic rings. The Bertz CT molecular complexity index is 112. The number of hydrogen-bond acceptors (Lipinski definition) is 1. The zero-order chi connectivity index (χ0) is 8.97. The lowest BCUT2D eigenvalue weighted by Crippen LogP contribution is -2.21. The summed E-state index contributed by atoms with van der Waals surface area (Å²) in [6.45, 7) is 4.64. The van der Waals surface area contributed by atoms with Crippen molar-refractivity contribution in [2.75, 3.05) is 7.11 Å². The Morgan fingerprint density at radius 1 is 1.17 bits per heavy atom. The molecule has 0 atom stereocenters. The first kappa shape index (κ1) is 10.0. The van der Waals surface area contributed by atoms with Gasteiger partial charge in [-0.15, -0.1) is 0 Å². The van der Waals surface area contributed by atoms with Gasteiger partial charge >= 0.3 is 0 Å². The first-order chi connectivity index (χ1) is 5.72. The van der Waals surface area contributed by atoms with Gasteiger partial charge in [0, 0.05) is 7.11 Å². The average molecular weight is 170 g/mol. The van der Waals surface area contributed by atoms with E-state index in [2.05, 4.69) is 13.8 Å². The molecule has 1 heteroatoms. The standard InChI is InChI=1S/C11H22O/c1-9(2)8-10-4-6-11(12-3)7-5-10/h9-11H,4-8H2,1-3H3/t10-,11+. The second-order valence-electron chi connectivity index (χ2n) is 4.51. The summed E-state index contributed by atoms with van der Waals surface area (Å²) < 4.78 is 5.34. The van der Waals surface area contributed by atoms with Crippen molar-refractivity contribution in [1.29, 1.82) is 0 Å². The summed E-state index contributed by atoms with van der Waals surface area (Å²) in [5.41, 5.74) is 0. The van der Waals surface area contributed by atoms with E-state index in [1.807, 2.05) is 7.11 Å². The van der Waals surface area contributed by atoms with Crippen LogP contribution in [0.15, 0.2) is 0 Å². The average Bonchev–Trinajstić information content (AvgIpc) is 2.05. The van der Waals surface area contributed by atoms with Crippen molar-refractivity contribution in [2.45, 2.75) is 52.1 Å². The lowest BCUT2D eigenvalue weighted by molar-refractivity contribution is 0.0536. The molecule has 0 spiro atoms. The Morgan fingerprint density at radius 3 is 2.17 bits per heavy atom. The molecule has 0 aromatic heterocycles. The number of methoxy groups -OCH3 is 1. The Morgan fingerprint density at radius 2 is 1.75 bits per heavy atom. The second-order valence-corrected chi connectivity index (χ2v) is 4.51. The molecular formula is C11H22O. The normalized spacial score (nSPS) is 31.0. The van der Waals surface area contributed by atoms with E-state index in [-0.39, 0.29) is 0 Å². The van der Waals surface area contributed by atoms with Crippen LogP contribution in [0.5, 0.6) is 0 Å². The van der Waals surface area contributed by atoms with Crippen LogP contribution in [0, 0.1) is 11.8 Å². The highest BCUT2D eigenvalue weighted by atomic mass is 16.5. The molecule has 1 rings (SSSR count). The third-order valence-corrected chi connectivity index (χ3v) is 2.93. The van der Waals surface area contributed by atoms with Gasteiger partial charge in [-0.2, -0.15) is 0 Å². The minimum atomic E-state index is 0.563. The van der Waals surface area contributed by atoms with Crippen molar-refractivity contribution in [2.24, 2.45) is 11.8 Å². The molecule has 0 saturated heterocycles. The van der Waals surface area contributed by atoms with Crippen molar-refractivity contribution < 1.29 is 4.74 Å². The second kappa shape index (κ2) is 4.86. The molecule has 0 radical (unpaired) electrons. The smallest absolute Gasteiger partial charge is 0.0571 e. The summed E-state index contributed by atoms with van der Waals surface area (Å²) in [4.78, 5) is 0. The van der Waals surface area contributed by atoms with E-state index in [4.69, 9.17) is 4.74 Å². The molecule has 12 heavy (non-hydrogen) atoms. The van der Waals surface area contributed by atoms with E-state index in [1.165, 1.54) is 32.1 Å².